The van der Waals surface area contributed by atoms with E-state index in [1.165, 1.54) is 19.0 Å². The van der Waals surface area contributed by atoms with Gasteiger partial charge in [-0.3, -0.25) is 0 Å². The van der Waals surface area contributed by atoms with E-state index in [-0.39, 0.29) is 5.56 Å². The van der Waals surface area contributed by atoms with Crippen LogP contribution in [0.4, 0.5) is 0 Å². The topological polar surface area (TPSA) is 75.4 Å². The van der Waals surface area contributed by atoms with E-state index < -0.39 is 5.97 Å². The third-order valence-electron chi connectivity index (χ3n) is 2.78. The van der Waals surface area contributed by atoms with Crippen LogP contribution in [0, 0.1) is 0 Å². The van der Waals surface area contributed by atoms with Crippen molar-refractivity contribution < 1.29 is 14.4 Å². The van der Waals surface area contributed by atoms with Gasteiger partial charge in [0.05, 0.1) is 12.7 Å². The van der Waals surface area contributed by atoms with Crippen LogP contribution < -0.4 is 5.32 Å². The van der Waals surface area contributed by atoms with Crippen molar-refractivity contribution in [1.29, 1.82) is 0 Å². The maximum absolute atomic E-state index is 10.8. The Balaban J connectivity index is 1.92. The van der Waals surface area contributed by atoms with Gasteiger partial charge in [0.1, 0.15) is 5.56 Å². The van der Waals surface area contributed by atoms with Crippen LogP contribution in [0.3, 0.4) is 0 Å². The standard InChI is InChI=1S/C10H14N2O3/c13-10(14)8-5-12-15-9(8)6-11-7-3-1-2-4-7/h5,7,11H,1-4,6H2,(H,13,14). The maximum Gasteiger partial charge on any atom is 0.341 e. The number of carbonyl (C=O) groups is 1. The SMILES string of the molecule is O=C(O)c1cnoc1CNC1CCCC1. The highest BCUT2D eigenvalue weighted by molar-refractivity contribution is 5.88. The number of aromatic carboxylic acids is 1. The van der Waals surface area contributed by atoms with E-state index in [1.54, 1.807) is 0 Å². The van der Waals surface area contributed by atoms with Crippen molar-refractivity contribution in [2.24, 2.45) is 0 Å². The van der Waals surface area contributed by atoms with Crippen LogP contribution in [-0.4, -0.2) is 22.3 Å². The van der Waals surface area contributed by atoms with Gasteiger partial charge in [0.25, 0.3) is 0 Å². The summed E-state index contributed by atoms with van der Waals surface area (Å²) in [5.41, 5.74) is 0.153. The Hall–Kier alpha value is -1.36. The van der Waals surface area contributed by atoms with Gasteiger partial charge >= 0.3 is 5.97 Å². The molecule has 0 spiro atoms. The average Bonchev–Trinajstić information content (AvgIpc) is 2.86. The molecule has 1 aromatic rings. The summed E-state index contributed by atoms with van der Waals surface area (Å²) in [4.78, 5) is 10.8. The van der Waals surface area contributed by atoms with Crippen molar-refractivity contribution in [3.05, 3.63) is 17.5 Å². The fourth-order valence-corrected chi connectivity index (χ4v) is 1.93. The van der Waals surface area contributed by atoms with Crippen molar-refractivity contribution in [3.63, 3.8) is 0 Å². The highest BCUT2D eigenvalue weighted by atomic mass is 16.5. The molecule has 1 heterocycles. The summed E-state index contributed by atoms with van der Waals surface area (Å²) in [5.74, 6) is -0.575. The molecule has 5 heteroatoms. The molecule has 5 nitrogen and oxygen atoms in total. The molecule has 0 radical (unpaired) electrons. The largest absolute Gasteiger partial charge is 0.478 e. The van der Waals surface area contributed by atoms with Crippen LogP contribution in [0.1, 0.15) is 41.8 Å². The fraction of sp³-hybridized carbons (Fsp3) is 0.600. The molecule has 2 rings (SSSR count). The van der Waals surface area contributed by atoms with Crippen LogP contribution in [0.5, 0.6) is 0 Å². The first-order valence-corrected chi connectivity index (χ1v) is 5.17. The highest BCUT2D eigenvalue weighted by Crippen LogP contribution is 2.18. The summed E-state index contributed by atoms with van der Waals surface area (Å²) < 4.78 is 4.89. The average molecular weight is 210 g/mol. The molecule has 0 amide bonds. The predicted molar refractivity (Wildman–Crippen MR) is 52.6 cm³/mol. The van der Waals surface area contributed by atoms with Crippen molar-refractivity contribution in [2.45, 2.75) is 38.3 Å². The molecular weight excluding hydrogens is 196 g/mol. The van der Waals surface area contributed by atoms with Gasteiger partial charge in [0.2, 0.25) is 0 Å². The Kier molecular flexibility index (Phi) is 3.01. The molecule has 82 valence electrons. The van der Waals surface area contributed by atoms with Crippen molar-refractivity contribution in [2.75, 3.05) is 0 Å². The quantitative estimate of drug-likeness (QED) is 0.785. The summed E-state index contributed by atoms with van der Waals surface area (Å²) in [6.45, 7) is 0.451. The minimum Gasteiger partial charge on any atom is -0.478 e. The Morgan fingerprint density at radius 2 is 2.33 bits per heavy atom. The summed E-state index contributed by atoms with van der Waals surface area (Å²) in [6.07, 6.45) is 6.07. The molecule has 0 aliphatic heterocycles. The van der Waals surface area contributed by atoms with Crippen molar-refractivity contribution >= 4 is 5.97 Å². The van der Waals surface area contributed by atoms with Crippen molar-refractivity contribution in [1.82, 2.24) is 10.5 Å². The second kappa shape index (κ2) is 4.44. The van der Waals surface area contributed by atoms with Gasteiger partial charge < -0.3 is 14.9 Å². The Bertz CT molecular complexity index is 342. The van der Waals surface area contributed by atoms with E-state index in [4.69, 9.17) is 9.63 Å². The second-order valence-corrected chi connectivity index (χ2v) is 3.83. The number of nitrogens with zero attached hydrogens (tertiary/aromatic N) is 1. The Labute approximate surface area is 87.5 Å². The minimum atomic E-state index is -0.987. The zero-order chi connectivity index (χ0) is 10.7. The van der Waals surface area contributed by atoms with E-state index in [9.17, 15) is 4.79 Å². The van der Waals surface area contributed by atoms with E-state index in [2.05, 4.69) is 10.5 Å². The predicted octanol–water partition coefficient (Wildman–Crippen LogP) is 1.41. The smallest absolute Gasteiger partial charge is 0.341 e. The first-order valence-electron chi connectivity index (χ1n) is 5.17. The zero-order valence-electron chi connectivity index (χ0n) is 8.40. The van der Waals surface area contributed by atoms with Crippen LogP contribution in [0.15, 0.2) is 10.7 Å². The van der Waals surface area contributed by atoms with E-state index in [1.807, 2.05) is 0 Å². The molecule has 1 aliphatic carbocycles. The first kappa shape index (κ1) is 10.2. The lowest BCUT2D eigenvalue weighted by atomic mass is 10.2. The van der Waals surface area contributed by atoms with Crippen LogP contribution in [0.25, 0.3) is 0 Å². The van der Waals surface area contributed by atoms with Gasteiger partial charge in [0, 0.05) is 6.04 Å². The Morgan fingerprint density at radius 3 is 3.00 bits per heavy atom. The molecule has 15 heavy (non-hydrogen) atoms. The molecule has 1 fully saturated rings. The monoisotopic (exact) mass is 210 g/mol. The third-order valence-corrected chi connectivity index (χ3v) is 2.78. The molecule has 1 aromatic heterocycles. The first-order chi connectivity index (χ1) is 7.27. The summed E-state index contributed by atoms with van der Waals surface area (Å²) in [5, 5.41) is 15.6. The van der Waals surface area contributed by atoms with Crippen LogP contribution >= 0.6 is 0 Å². The van der Waals surface area contributed by atoms with E-state index in [0.717, 1.165) is 12.8 Å². The van der Waals surface area contributed by atoms with Gasteiger partial charge in [-0.15, -0.1) is 0 Å². The molecule has 1 saturated carbocycles. The lowest BCUT2D eigenvalue weighted by Crippen LogP contribution is -2.25. The lowest BCUT2D eigenvalue weighted by molar-refractivity contribution is 0.0694. The number of aromatic nitrogens is 1. The maximum atomic E-state index is 10.8. The molecule has 2 N–H and O–H groups in total. The minimum absolute atomic E-state index is 0.153. The number of hydrogen-bond donors (Lipinski definition) is 2. The van der Waals surface area contributed by atoms with Crippen LogP contribution in [0.2, 0.25) is 0 Å². The number of hydrogen-bond acceptors (Lipinski definition) is 4. The number of rotatable bonds is 4. The summed E-state index contributed by atoms with van der Waals surface area (Å²) in [7, 11) is 0. The molecule has 1 aliphatic rings. The van der Waals surface area contributed by atoms with Gasteiger partial charge in [-0.2, -0.15) is 0 Å². The molecule has 0 atom stereocenters. The van der Waals surface area contributed by atoms with Gasteiger partial charge in [0.15, 0.2) is 5.76 Å². The highest BCUT2D eigenvalue weighted by Gasteiger charge is 2.18. The normalized spacial score (nSPS) is 17.1. The van der Waals surface area contributed by atoms with Gasteiger partial charge in [-0.1, -0.05) is 18.0 Å². The molecular formula is C10H14N2O3. The van der Waals surface area contributed by atoms with Crippen LogP contribution in [-0.2, 0) is 6.54 Å². The Morgan fingerprint density at radius 1 is 1.60 bits per heavy atom. The van der Waals surface area contributed by atoms with Gasteiger partial charge in [-0.25, -0.2) is 4.79 Å². The summed E-state index contributed by atoms with van der Waals surface area (Å²) in [6, 6.07) is 0.497. The fourth-order valence-electron chi connectivity index (χ4n) is 1.93. The van der Waals surface area contributed by atoms with E-state index >= 15 is 0 Å². The number of carboxylic acids is 1. The number of carboxylic acid groups (broad SMARTS) is 1. The molecule has 0 aromatic carbocycles. The van der Waals surface area contributed by atoms with Crippen molar-refractivity contribution in [3.8, 4) is 0 Å². The number of nitrogens with one attached hydrogen (secondary N) is 1. The molecule has 0 bridgehead atoms. The lowest BCUT2D eigenvalue weighted by Gasteiger charge is -2.09. The van der Waals surface area contributed by atoms with Gasteiger partial charge in [-0.05, 0) is 12.8 Å². The zero-order valence-corrected chi connectivity index (χ0v) is 8.40. The third kappa shape index (κ3) is 2.36. The molecule has 0 unspecified atom stereocenters. The second-order valence-electron chi connectivity index (χ2n) is 3.83. The molecule has 0 saturated heterocycles. The van der Waals surface area contributed by atoms with E-state index in [0.29, 0.717) is 18.3 Å². The summed E-state index contributed by atoms with van der Waals surface area (Å²) >= 11 is 0.